The molecule has 0 radical (unpaired) electrons. The van der Waals surface area contributed by atoms with Gasteiger partial charge in [0.1, 0.15) is 12.0 Å². The third-order valence-electron chi connectivity index (χ3n) is 2.80. The molecular formula is C16H12N2O3. The van der Waals surface area contributed by atoms with Crippen molar-refractivity contribution in [1.82, 2.24) is 5.16 Å². The van der Waals surface area contributed by atoms with Crippen LogP contribution in [0.3, 0.4) is 0 Å². The number of hydrogen-bond acceptors (Lipinski definition) is 4. The largest absolute Gasteiger partial charge is 0.455 e. The number of carbonyl (C=O) groups excluding carboxylic acids is 1. The monoisotopic (exact) mass is 280 g/mol. The van der Waals surface area contributed by atoms with E-state index in [1.54, 1.807) is 12.1 Å². The van der Waals surface area contributed by atoms with Gasteiger partial charge in [0.2, 0.25) is 0 Å². The van der Waals surface area contributed by atoms with Crippen LogP contribution < -0.4 is 10.1 Å². The van der Waals surface area contributed by atoms with Gasteiger partial charge in [-0.2, -0.15) is 0 Å². The standard InChI is InChI=1S/C16H12N2O3/c19-16(12-10-17-20-11-12)18-14-8-4-5-9-15(14)21-13-6-2-1-3-7-13/h1-11H,(H,18,19). The SMILES string of the molecule is O=C(Nc1ccccc1Oc1ccccc1)c1cnoc1. The van der Waals surface area contributed by atoms with Crippen LogP contribution in [0, 0.1) is 0 Å². The number of carbonyl (C=O) groups is 1. The molecular weight excluding hydrogens is 268 g/mol. The molecule has 1 heterocycles. The van der Waals surface area contributed by atoms with Crippen LogP contribution in [0.15, 0.2) is 71.6 Å². The zero-order valence-corrected chi connectivity index (χ0v) is 11.0. The van der Waals surface area contributed by atoms with Gasteiger partial charge < -0.3 is 14.6 Å². The van der Waals surface area contributed by atoms with Gasteiger partial charge in [0, 0.05) is 0 Å². The Bertz CT molecular complexity index is 724. The van der Waals surface area contributed by atoms with E-state index in [4.69, 9.17) is 4.74 Å². The van der Waals surface area contributed by atoms with Crippen LogP contribution in [-0.2, 0) is 0 Å². The summed E-state index contributed by atoms with van der Waals surface area (Å²) in [6.45, 7) is 0. The molecule has 1 N–H and O–H groups in total. The van der Waals surface area contributed by atoms with E-state index in [1.165, 1.54) is 12.5 Å². The molecule has 21 heavy (non-hydrogen) atoms. The van der Waals surface area contributed by atoms with Crippen molar-refractivity contribution in [3.8, 4) is 11.5 Å². The maximum Gasteiger partial charge on any atom is 0.260 e. The summed E-state index contributed by atoms with van der Waals surface area (Å²) in [5.74, 6) is 0.957. The summed E-state index contributed by atoms with van der Waals surface area (Å²) in [4.78, 5) is 12.0. The third-order valence-corrected chi connectivity index (χ3v) is 2.80. The van der Waals surface area contributed by atoms with Crippen LogP contribution >= 0.6 is 0 Å². The van der Waals surface area contributed by atoms with Crippen molar-refractivity contribution in [1.29, 1.82) is 0 Å². The Morgan fingerprint density at radius 1 is 1.05 bits per heavy atom. The molecule has 0 aliphatic carbocycles. The summed E-state index contributed by atoms with van der Waals surface area (Å²) in [7, 11) is 0. The molecule has 0 aliphatic rings. The molecule has 1 aromatic heterocycles. The zero-order valence-electron chi connectivity index (χ0n) is 11.0. The Hall–Kier alpha value is -3.08. The van der Waals surface area contributed by atoms with Gasteiger partial charge in [-0.15, -0.1) is 0 Å². The lowest BCUT2D eigenvalue weighted by molar-refractivity contribution is 0.102. The van der Waals surface area contributed by atoms with Gasteiger partial charge in [0.05, 0.1) is 17.4 Å². The maximum absolute atomic E-state index is 12.0. The molecule has 5 nitrogen and oxygen atoms in total. The minimum Gasteiger partial charge on any atom is -0.455 e. The first kappa shape index (κ1) is 12.9. The Balaban J connectivity index is 1.81. The van der Waals surface area contributed by atoms with Crippen LogP contribution in [0.25, 0.3) is 0 Å². The van der Waals surface area contributed by atoms with Gasteiger partial charge in [0.15, 0.2) is 5.75 Å². The first-order chi connectivity index (χ1) is 10.3. The number of hydrogen-bond donors (Lipinski definition) is 1. The normalized spacial score (nSPS) is 10.1. The highest BCUT2D eigenvalue weighted by atomic mass is 16.5. The first-order valence-corrected chi connectivity index (χ1v) is 6.35. The number of rotatable bonds is 4. The van der Waals surface area contributed by atoms with E-state index >= 15 is 0 Å². The molecule has 0 saturated heterocycles. The number of aromatic nitrogens is 1. The molecule has 0 bridgehead atoms. The minimum atomic E-state index is -0.305. The third kappa shape index (κ3) is 3.09. The highest BCUT2D eigenvalue weighted by Crippen LogP contribution is 2.29. The van der Waals surface area contributed by atoms with Crippen molar-refractivity contribution in [3.63, 3.8) is 0 Å². The van der Waals surface area contributed by atoms with Gasteiger partial charge >= 0.3 is 0 Å². The number of anilines is 1. The van der Waals surface area contributed by atoms with Crippen LogP contribution in [0.2, 0.25) is 0 Å². The van der Waals surface area contributed by atoms with Crippen LogP contribution in [0.5, 0.6) is 11.5 Å². The molecule has 0 aliphatic heterocycles. The summed E-state index contributed by atoms with van der Waals surface area (Å²) in [5.41, 5.74) is 0.928. The molecule has 3 aromatic rings. The second-order valence-corrected chi connectivity index (χ2v) is 4.28. The lowest BCUT2D eigenvalue weighted by Gasteiger charge is -2.11. The van der Waals surface area contributed by atoms with Crippen molar-refractivity contribution in [2.75, 3.05) is 5.32 Å². The van der Waals surface area contributed by atoms with Crippen molar-refractivity contribution < 1.29 is 14.1 Å². The smallest absolute Gasteiger partial charge is 0.260 e. The summed E-state index contributed by atoms with van der Waals surface area (Å²) in [6, 6.07) is 16.6. The highest BCUT2D eigenvalue weighted by molar-refractivity contribution is 6.04. The number of benzene rings is 2. The fourth-order valence-electron chi connectivity index (χ4n) is 1.79. The summed E-state index contributed by atoms with van der Waals surface area (Å²) >= 11 is 0. The van der Waals surface area contributed by atoms with Crippen LogP contribution in [-0.4, -0.2) is 11.1 Å². The highest BCUT2D eigenvalue weighted by Gasteiger charge is 2.11. The van der Waals surface area contributed by atoms with E-state index in [-0.39, 0.29) is 5.91 Å². The molecule has 2 aromatic carbocycles. The second kappa shape index (κ2) is 5.92. The number of amides is 1. The molecule has 0 atom stereocenters. The minimum absolute atomic E-state index is 0.305. The van der Waals surface area contributed by atoms with Gasteiger partial charge in [-0.25, -0.2) is 0 Å². The topological polar surface area (TPSA) is 64.4 Å². The molecule has 0 saturated carbocycles. The summed E-state index contributed by atoms with van der Waals surface area (Å²) in [6.07, 6.45) is 2.64. The Morgan fingerprint density at radius 3 is 2.57 bits per heavy atom. The van der Waals surface area contributed by atoms with Crippen molar-refractivity contribution in [2.24, 2.45) is 0 Å². The van der Waals surface area contributed by atoms with Gasteiger partial charge in [0.25, 0.3) is 5.91 Å². The average molecular weight is 280 g/mol. The quantitative estimate of drug-likeness (QED) is 0.791. The molecule has 3 rings (SSSR count). The average Bonchev–Trinajstić information content (AvgIpc) is 3.05. The predicted octanol–water partition coefficient (Wildman–Crippen LogP) is 3.72. The summed E-state index contributed by atoms with van der Waals surface area (Å²) < 4.78 is 10.4. The lowest BCUT2D eigenvalue weighted by atomic mass is 10.2. The number of para-hydroxylation sites is 3. The van der Waals surface area contributed by atoms with E-state index in [1.807, 2.05) is 42.5 Å². The zero-order chi connectivity index (χ0) is 14.5. The lowest BCUT2D eigenvalue weighted by Crippen LogP contribution is -2.11. The van der Waals surface area contributed by atoms with Gasteiger partial charge in [-0.3, -0.25) is 4.79 Å². The maximum atomic E-state index is 12.0. The molecule has 0 unspecified atom stereocenters. The van der Waals surface area contributed by atoms with Crippen LogP contribution in [0.4, 0.5) is 5.69 Å². The first-order valence-electron chi connectivity index (χ1n) is 6.35. The second-order valence-electron chi connectivity index (χ2n) is 4.28. The Morgan fingerprint density at radius 2 is 1.81 bits per heavy atom. The van der Waals surface area contributed by atoms with E-state index in [9.17, 15) is 4.79 Å². The van der Waals surface area contributed by atoms with Gasteiger partial charge in [-0.1, -0.05) is 35.5 Å². The Labute approximate surface area is 121 Å². The van der Waals surface area contributed by atoms with Gasteiger partial charge in [-0.05, 0) is 24.3 Å². The van der Waals surface area contributed by atoms with E-state index in [0.29, 0.717) is 22.7 Å². The van der Waals surface area contributed by atoms with E-state index < -0.39 is 0 Å². The van der Waals surface area contributed by atoms with Crippen molar-refractivity contribution in [3.05, 3.63) is 72.6 Å². The molecule has 0 spiro atoms. The molecule has 1 amide bonds. The number of nitrogens with zero attached hydrogens (tertiary/aromatic N) is 1. The van der Waals surface area contributed by atoms with E-state index in [0.717, 1.165) is 0 Å². The fraction of sp³-hybridized carbons (Fsp3) is 0. The molecule has 0 fully saturated rings. The summed E-state index contributed by atoms with van der Waals surface area (Å²) in [5, 5.41) is 6.28. The number of nitrogens with one attached hydrogen (secondary N) is 1. The Kier molecular flexibility index (Phi) is 3.64. The molecule has 5 heteroatoms. The number of ether oxygens (including phenoxy) is 1. The van der Waals surface area contributed by atoms with Crippen LogP contribution in [0.1, 0.15) is 10.4 Å². The predicted molar refractivity (Wildman–Crippen MR) is 77.4 cm³/mol. The fourth-order valence-corrected chi connectivity index (χ4v) is 1.79. The van der Waals surface area contributed by atoms with Crippen molar-refractivity contribution in [2.45, 2.75) is 0 Å². The van der Waals surface area contributed by atoms with Crippen molar-refractivity contribution >= 4 is 11.6 Å². The van der Waals surface area contributed by atoms with E-state index in [2.05, 4.69) is 15.0 Å². The molecule has 104 valence electrons.